The Morgan fingerprint density at radius 3 is 1.48 bits per heavy atom. The van der Waals surface area contributed by atoms with Crippen molar-refractivity contribution in [2.45, 2.75) is 154 Å². The van der Waals surface area contributed by atoms with Gasteiger partial charge in [-0.2, -0.15) is 24.9 Å². The van der Waals surface area contributed by atoms with Crippen LogP contribution in [0.25, 0.3) is 0 Å². The van der Waals surface area contributed by atoms with Gasteiger partial charge in [0, 0.05) is 0 Å². The third kappa shape index (κ3) is 31.1. The van der Waals surface area contributed by atoms with Gasteiger partial charge in [-0.15, -0.1) is 0 Å². The number of alkyl halides is 3. The van der Waals surface area contributed by atoms with E-state index in [9.17, 15) is 80.9 Å². The van der Waals surface area contributed by atoms with Crippen LogP contribution in [0.2, 0.25) is 0 Å². The lowest BCUT2D eigenvalue weighted by Crippen LogP contribution is -2.60. The Balaban J connectivity index is 0. The minimum absolute atomic E-state index is 0.0120. The second-order valence-corrected chi connectivity index (χ2v) is 19.8. The van der Waals surface area contributed by atoms with Gasteiger partial charge in [-0.05, 0) is 75.3 Å². The Bertz CT molecular complexity index is 2090. The lowest BCUT2D eigenvalue weighted by atomic mass is 9.94. The molecule has 0 aromatic rings. The van der Waals surface area contributed by atoms with Gasteiger partial charge in [0.2, 0.25) is 65.0 Å². The largest absolute Gasteiger partial charge is 0.490 e. The monoisotopic (exact) mass is 1170 g/mol. The van der Waals surface area contributed by atoms with Crippen molar-refractivity contribution in [1.29, 1.82) is 0 Å². The van der Waals surface area contributed by atoms with Crippen LogP contribution in [0, 0.1) is 17.8 Å². The summed E-state index contributed by atoms with van der Waals surface area (Å²) in [5.41, 5.74) is 16.1. The number of aliphatic hydroxyl groups is 1. The maximum absolute atomic E-state index is 13.9. The van der Waals surface area contributed by atoms with E-state index in [0.717, 1.165) is 0 Å². The molecule has 0 radical (unpaired) electrons. The topological polar surface area (TPSA) is 481 Å². The van der Waals surface area contributed by atoms with Gasteiger partial charge in [0.15, 0.2) is 0 Å². The maximum atomic E-state index is 13.9. The van der Waals surface area contributed by atoms with E-state index in [4.69, 9.17) is 27.1 Å². The van der Waals surface area contributed by atoms with Crippen LogP contribution >= 0.6 is 11.8 Å². The van der Waals surface area contributed by atoms with Crippen molar-refractivity contribution >= 4 is 88.7 Å². The molecule has 0 aliphatic rings. The molecule has 19 N–H and O–H groups in total. The van der Waals surface area contributed by atoms with Gasteiger partial charge in [-0.25, -0.2) is 9.59 Å². The number of thioether (sulfide) groups is 1. The molecule has 29 nitrogen and oxygen atoms in total. The Labute approximate surface area is 465 Å². The van der Waals surface area contributed by atoms with Crippen molar-refractivity contribution in [2.24, 2.45) is 35.0 Å². The fraction of sp³-hybridized carbons (Fsp3) is 0.723. The molecule has 0 aliphatic carbocycles. The van der Waals surface area contributed by atoms with E-state index in [2.05, 4.69) is 53.2 Å². The van der Waals surface area contributed by atoms with Crippen LogP contribution in [0.1, 0.15) is 99.8 Å². The van der Waals surface area contributed by atoms with Gasteiger partial charge < -0.3 is 85.7 Å². The SMILES string of the molecule is CC[C@H](C)[C@H](NC(=O)[C@H](C)NC(=O)CNC(=O)[C@H](CCCCN)NC(=O)[C@H](CC(N)=O)NC(=O)[C@H](CO)NC(=O)CN)C(=O)N[C@H](C(=O)NCC(=O)N[C@@H](CC(C)C)C(=O)N[C@@H](CCSC)C(=O)O)[C@@H](C)CC.O=C(O)C(F)(F)F. The minimum Gasteiger partial charge on any atom is -0.480 e. The fourth-order valence-electron chi connectivity index (χ4n) is 6.73. The molecule has 0 bridgehead atoms. The van der Waals surface area contributed by atoms with Crippen molar-refractivity contribution in [3.8, 4) is 0 Å². The predicted molar refractivity (Wildman–Crippen MR) is 283 cm³/mol. The molecule has 458 valence electrons. The summed E-state index contributed by atoms with van der Waals surface area (Å²) in [4.78, 5) is 164. The van der Waals surface area contributed by atoms with Crippen molar-refractivity contribution in [3.05, 3.63) is 0 Å². The van der Waals surface area contributed by atoms with Crippen molar-refractivity contribution in [1.82, 2.24) is 53.2 Å². The molecule has 0 saturated carbocycles. The molecule has 0 aliphatic heterocycles. The van der Waals surface area contributed by atoms with Crippen molar-refractivity contribution in [3.63, 3.8) is 0 Å². The first-order chi connectivity index (χ1) is 37.2. The summed E-state index contributed by atoms with van der Waals surface area (Å²) >= 11 is 1.41. The summed E-state index contributed by atoms with van der Waals surface area (Å²) in [6.07, 6.45) is -2.17. The van der Waals surface area contributed by atoms with Gasteiger partial charge in [0.25, 0.3) is 0 Å². The number of nitrogens with one attached hydrogen (secondary N) is 10. The number of rotatable bonds is 37. The second-order valence-electron chi connectivity index (χ2n) is 18.8. The Hall–Kier alpha value is -6.87. The summed E-state index contributed by atoms with van der Waals surface area (Å²) in [7, 11) is 0. The smallest absolute Gasteiger partial charge is 0.480 e. The summed E-state index contributed by atoms with van der Waals surface area (Å²) in [6, 6.07) is -10.5. The van der Waals surface area contributed by atoms with Crippen LogP contribution in [0.4, 0.5) is 13.2 Å². The highest BCUT2D eigenvalue weighted by Gasteiger charge is 2.39. The zero-order valence-corrected chi connectivity index (χ0v) is 47.0. The Morgan fingerprint density at radius 1 is 0.550 bits per heavy atom. The Kier molecular flexibility index (Phi) is 37.1. The quantitative estimate of drug-likeness (QED) is 0.0262. The number of carboxylic acid groups (broad SMARTS) is 2. The molecule has 0 saturated heterocycles. The van der Waals surface area contributed by atoms with Crippen molar-refractivity contribution < 1.29 is 90.8 Å². The number of aliphatic carboxylic acids is 2. The number of hydrogen-bond donors (Lipinski definition) is 16. The molecule has 80 heavy (non-hydrogen) atoms. The van der Waals surface area contributed by atoms with Crippen LogP contribution < -0.4 is 70.4 Å². The first-order valence-electron chi connectivity index (χ1n) is 25.5. The lowest BCUT2D eigenvalue weighted by molar-refractivity contribution is -0.192. The summed E-state index contributed by atoms with van der Waals surface area (Å²) in [6.45, 7) is 9.39. The van der Waals surface area contributed by atoms with Crippen LogP contribution in [0.3, 0.4) is 0 Å². The number of amides is 11. The summed E-state index contributed by atoms with van der Waals surface area (Å²) < 4.78 is 31.7. The van der Waals surface area contributed by atoms with Crippen LogP contribution in [0.5, 0.6) is 0 Å². The van der Waals surface area contributed by atoms with Crippen LogP contribution in [-0.4, -0.2) is 192 Å². The average Bonchev–Trinajstić information content (AvgIpc) is 3.38. The highest BCUT2D eigenvalue weighted by atomic mass is 32.2. The molecule has 33 heteroatoms. The Morgan fingerprint density at radius 2 is 1.01 bits per heavy atom. The van der Waals surface area contributed by atoms with Crippen molar-refractivity contribution in [2.75, 3.05) is 44.8 Å². The molecule has 11 amide bonds. The number of hydrogen-bond acceptors (Lipinski definition) is 17. The van der Waals surface area contributed by atoms with Crippen LogP contribution in [-0.2, 0) is 62.3 Å². The van der Waals surface area contributed by atoms with E-state index >= 15 is 0 Å². The second kappa shape index (κ2) is 39.5. The molecule has 10 atom stereocenters. The van der Waals surface area contributed by atoms with E-state index < -0.39 is 176 Å². The highest BCUT2D eigenvalue weighted by molar-refractivity contribution is 7.98. The predicted octanol–water partition coefficient (Wildman–Crippen LogP) is -4.32. The van der Waals surface area contributed by atoms with Crippen LogP contribution in [0.15, 0.2) is 0 Å². The van der Waals surface area contributed by atoms with Gasteiger partial charge in [0.1, 0.15) is 48.3 Å². The molecule has 0 aromatic carbocycles. The van der Waals surface area contributed by atoms with E-state index in [1.807, 2.05) is 13.8 Å². The molecule has 0 aromatic heterocycles. The maximum Gasteiger partial charge on any atom is 0.490 e. The third-order valence-electron chi connectivity index (χ3n) is 11.7. The van der Waals surface area contributed by atoms with E-state index in [-0.39, 0.29) is 31.7 Å². The third-order valence-corrected chi connectivity index (χ3v) is 12.3. The number of primary amides is 1. The number of nitrogens with two attached hydrogens (primary N) is 3. The average molecular weight is 1170 g/mol. The number of carbonyl (C=O) groups excluding carboxylic acids is 11. The summed E-state index contributed by atoms with van der Waals surface area (Å²) in [5, 5.41) is 50.6. The van der Waals surface area contributed by atoms with Gasteiger partial charge in [-0.3, -0.25) is 52.7 Å². The molecule has 0 spiro atoms. The standard InChI is InChI=1S/C45H81N13O14S.C2HF3O2/c1-9-24(5)36(43(69)50-21-35(63)52-29(17-23(3)4)40(66)55-28(45(71)72)14-16-73-8)58-44(70)37(25(6)10-2)57-38(64)26(7)51-34(62)20-49-39(65)27(13-11-12-15-46)54-41(67)30(18-32(48)60)56-42(68)31(22-59)53-33(61)19-47;3-2(4,5)1(6)7/h23-31,36-37,59H,9-22,46-47H2,1-8H3,(H2,48,60)(H,49,65)(H,50,69)(H,51,62)(H,52,63)(H,53,61)(H,54,67)(H,55,66)(H,56,68)(H,57,64)(H,58,70)(H,71,72);(H,6,7)/t24-,25-,26-,27-,28-,29-,30-,31-,36-,37-;/m0./s1. The zero-order valence-electron chi connectivity index (χ0n) is 46.2. The molecule has 0 heterocycles. The first-order valence-corrected chi connectivity index (χ1v) is 26.9. The zero-order chi connectivity index (χ0) is 62.0. The van der Waals surface area contributed by atoms with Gasteiger partial charge >= 0.3 is 18.1 Å². The first kappa shape index (κ1) is 75.2. The molecule has 0 fully saturated rings. The van der Waals surface area contributed by atoms with E-state index in [1.54, 1.807) is 34.0 Å². The van der Waals surface area contributed by atoms with Gasteiger partial charge in [0.05, 0.1) is 32.7 Å². The number of carbonyl (C=O) groups is 13. The number of unbranched alkanes of at least 4 members (excludes halogenated alkanes) is 1. The normalized spacial score (nSPS) is 14.8. The number of aliphatic hydroxyl groups excluding tert-OH is 1. The highest BCUT2D eigenvalue weighted by Crippen LogP contribution is 2.15. The molecular weight excluding hydrogens is 1090 g/mol. The lowest BCUT2D eigenvalue weighted by Gasteiger charge is -2.29. The molecule has 0 rings (SSSR count). The molecular formula is C47H82F3N13O16S. The molecule has 0 unspecified atom stereocenters. The summed E-state index contributed by atoms with van der Waals surface area (Å²) in [5.74, 6) is -13.9. The number of carboxylic acids is 2. The fourth-order valence-corrected chi connectivity index (χ4v) is 7.20. The van der Waals surface area contributed by atoms with E-state index in [1.165, 1.54) is 18.7 Å². The minimum atomic E-state index is -5.08. The number of halogens is 3. The van der Waals surface area contributed by atoms with E-state index in [0.29, 0.717) is 31.4 Å². The van der Waals surface area contributed by atoms with Gasteiger partial charge in [-0.1, -0.05) is 54.4 Å².